The standard InChI is InChI=1S/C21H19NO6S/c23-20(24)13-19(21(25)26)22(14-15-6-2-1-3-7-15)29(27,28)18-11-10-16-8-4-5-9-17(16)12-18/h1-12,19H,13-14H2,(H,23,24)(H,25,26)/t19-/m0/s1. The number of rotatable bonds is 8. The minimum absolute atomic E-state index is 0.0937. The molecule has 0 aromatic heterocycles. The smallest absolute Gasteiger partial charge is 0.322 e. The highest BCUT2D eigenvalue weighted by Crippen LogP contribution is 2.26. The molecule has 150 valence electrons. The predicted molar refractivity (Wildman–Crippen MR) is 107 cm³/mol. The molecule has 0 saturated carbocycles. The van der Waals surface area contributed by atoms with Gasteiger partial charge in [-0.25, -0.2) is 8.42 Å². The molecule has 0 saturated heterocycles. The van der Waals surface area contributed by atoms with Crippen LogP contribution in [0.2, 0.25) is 0 Å². The summed E-state index contributed by atoms with van der Waals surface area (Å²) in [6, 6.07) is 18.4. The SMILES string of the molecule is O=C(O)C[C@@H](C(=O)O)N(Cc1ccccc1)S(=O)(=O)c1ccc2ccccc2c1. The van der Waals surface area contributed by atoms with E-state index in [1.807, 2.05) is 12.1 Å². The van der Waals surface area contributed by atoms with Crippen LogP contribution in [0, 0.1) is 0 Å². The van der Waals surface area contributed by atoms with Gasteiger partial charge in [-0.05, 0) is 28.5 Å². The Bertz CT molecular complexity index is 1140. The highest BCUT2D eigenvalue weighted by Gasteiger charge is 2.37. The minimum Gasteiger partial charge on any atom is -0.481 e. The predicted octanol–water partition coefficient (Wildman–Crippen LogP) is 2.96. The summed E-state index contributed by atoms with van der Waals surface area (Å²) in [5.41, 5.74) is 0.550. The molecule has 8 heteroatoms. The third-order valence-electron chi connectivity index (χ3n) is 4.51. The van der Waals surface area contributed by atoms with E-state index in [9.17, 15) is 23.1 Å². The first-order valence-corrected chi connectivity index (χ1v) is 10.2. The molecule has 0 bridgehead atoms. The van der Waals surface area contributed by atoms with Crippen molar-refractivity contribution in [2.75, 3.05) is 0 Å². The van der Waals surface area contributed by atoms with Crippen molar-refractivity contribution in [1.29, 1.82) is 0 Å². The number of carboxylic acid groups (broad SMARTS) is 2. The van der Waals surface area contributed by atoms with Crippen LogP contribution in [0.4, 0.5) is 0 Å². The average molecular weight is 413 g/mol. The number of carbonyl (C=O) groups is 2. The second-order valence-electron chi connectivity index (χ2n) is 6.50. The molecule has 1 atom stereocenters. The molecule has 0 aliphatic carbocycles. The Morgan fingerprint density at radius 2 is 1.48 bits per heavy atom. The summed E-state index contributed by atoms with van der Waals surface area (Å²) in [7, 11) is -4.29. The number of carboxylic acids is 2. The molecule has 0 aliphatic heterocycles. The van der Waals surface area contributed by atoms with Crippen LogP contribution in [-0.2, 0) is 26.2 Å². The molecule has 0 aliphatic rings. The number of fused-ring (bicyclic) bond motifs is 1. The highest BCUT2D eigenvalue weighted by atomic mass is 32.2. The lowest BCUT2D eigenvalue weighted by Crippen LogP contribution is -2.45. The zero-order chi connectivity index (χ0) is 21.0. The zero-order valence-corrected chi connectivity index (χ0v) is 16.1. The Morgan fingerprint density at radius 1 is 0.862 bits per heavy atom. The van der Waals surface area contributed by atoms with Gasteiger partial charge in [0.1, 0.15) is 6.04 Å². The number of nitrogens with zero attached hydrogens (tertiary/aromatic N) is 1. The fourth-order valence-electron chi connectivity index (χ4n) is 3.07. The van der Waals surface area contributed by atoms with Gasteiger partial charge >= 0.3 is 11.9 Å². The Hall–Kier alpha value is -3.23. The Balaban J connectivity index is 2.11. The van der Waals surface area contributed by atoms with E-state index in [-0.39, 0.29) is 11.4 Å². The zero-order valence-electron chi connectivity index (χ0n) is 15.3. The third-order valence-corrected chi connectivity index (χ3v) is 6.36. The largest absolute Gasteiger partial charge is 0.481 e. The van der Waals surface area contributed by atoms with Crippen LogP contribution in [0.1, 0.15) is 12.0 Å². The lowest BCUT2D eigenvalue weighted by molar-refractivity contribution is -0.148. The second kappa shape index (κ2) is 8.42. The molecule has 29 heavy (non-hydrogen) atoms. The number of benzene rings is 3. The molecular formula is C21H19NO6S. The van der Waals surface area contributed by atoms with Gasteiger partial charge in [-0.3, -0.25) is 9.59 Å². The van der Waals surface area contributed by atoms with Crippen molar-refractivity contribution >= 4 is 32.7 Å². The van der Waals surface area contributed by atoms with Gasteiger partial charge in [0.2, 0.25) is 10.0 Å². The fourth-order valence-corrected chi connectivity index (χ4v) is 4.67. The minimum atomic E-state index is -4.29. The Labute approximate surface area is 167 Å². The molecule has 0 amide bonds. The van der Waals surface area contributed by atoms with Crippen molar-refractivity contribution in [3.8, 4) is 0 Å². The lowest BCUT2D eigenvalue weighted by Gasteiger charge is -2.27. The van der Waals surface area contributed by atoms with Crippen LogP contribution in [0.25, 0.3) is 10.8 Å². The monoisotopic (exact) mass is 413 g/mol. The molecule has 3 aromatic carbocycles. The number of sulfonamides is 1. The average Bonchev–Trinajstić information content (AvgIpc) is 2.70. The van der Waals surface area contributed by atoms with Crippen molar-refractivity contribution in [1.82, 2.24) is 4.31 Å². The quantitative estimate of drug-likeness (QED) is 0.587. The molecule has 7 nitrogen and oxygen atoms in total. The van der Waals surface area contributed by atoms with E-state index < -0.39 is 34.4 Å². The highest BCUT2D eigenvalue weighted by molar-refractivity contribution is 7.89. The van der Waals surface area contributed by atoms with Gasteiger partial charge in [-0.2, -0.15) is 4.31 Å². The van der Waals surface area contributed by atoms with Crippen LogP contribution < -0.4 is 0 Å². The topological polar surface area (TPSA) is 112 Å². The second-order valence-corrected chi connectivity index (χ2v) is 8.39. The molecule has 3 aromatic rings. The van der Waals surface area contributed by atoms with E-state index in [1.165, 1.54) is 12.1 Å². The number of hydrogen-bond donors (Lipinski definition) is 2. The van der Waals surface area contributed by atoms with Crippen LogP contribution >= 0.6 is 0 Å². The van der Waals surface area contributed by atoms with Gasteiger partial charge < -0.3 is 10.2 Å². The van der Waals surface area contributed by atoms with Crippen LogP contribution in [0.15, 0.2) is 77.7 Å². The normalized spacial score (nSPS) is 12.7. The number of aliphatic carboxylic acids is 2. The van der Waals surface area contributed by atoms with E-state index in [1.54, 1.807) is 48.5 Å². The van der Waals surface area contributed by atoms with Crippen molar-refractivity contribution in [3.05, 3.63) is 78.4 Å². The van der Waals surface area contributed by atoms with E-state index in [0.717, 1.165) is 9.69 Å². The maximum absolute atomic E-state index is 13.4. The summed E-state index contributed by atoms with van der Waals surface area (Å²) in [6.07, 6.45) is -0.852. The molecular weight excluding hydrogens is 394 g/mol. The summed E-state index contributed by atoms with van der Waals surface area (Å²) in [6.45, 7) is -0.264. The van der Waals surface area contributed by atoms with E-state index in [4.69, 9.17) is 5.11 Å². The van der Waals surface area contributed by atoms with Gasteiger partial charge in [0.05, 0.1) is 11.3 Å². The molecule has 0 heterocycles. The molecule has 0 spiro atoms. The van der Waals surface area contributed by atoms with E-state index >= 15 is 0 Å². The van der Waals surface area contributed by atoms with Crippen molar-refractivity contribution < 1.29 is 28.2 Å². The first-order chi connectivity index (χ1) is 13.8. The first-order valence-electron chi connectivity index (χ1n) is 8.78. The molecule has 0 unspecified atom stereocenters. The van der Waals surface area contributed by atoms with E-state index in [0.29, 0.717) is 10.9 Å². The van der Waals surface area contributed by atoms with Gasteiger partial charge in [0.25, 0.3) is 0 Å². The summed E-state index contributed by atoms with van der Waals surface area (Å²) >= 11 is 0. The maximum atomic E-state index is 13.4. The van der Waals surface area contributed by atoms with Crippen LogP contribution in [0.5, 0.6) is 0 Å². The van der Waals surface area contributed by atoms with Gasteiger partial charge in [0.15, 0.2) is 0 Å². The van der Waals surface area contributed by atoms with Crippen molar-refractivity contribution in [2.24, 2.45) is 0 Å². The van der Waals surface area contributed by atoms with Crippen molar-refractivity contribution in [3.63, 3.8) is 0 Å². The number of hydrogen-bond acceptors (Lipinski definition) is 4. The summed E-state index contributed by atoms with van der Waals surface area (Å²) < 4.78 is 27.5. The summed E-state index contributed by atoms with van der Waals surface area (Å²) in [5, 5.41) is 20.2. The fraction of sp³-hybridized carbons (Fsp3) is 0.143. The first kappa shape index (κ1) is 20.5. The molecule has 3 rings (SSSR count). The third kappa shape index (κ3) is 4.61. The van der Waals surface area contributed by atoms with Crippen LogP contribution in [0.3, 0.4) is 0 Å². The van der Waals surface area contributed by atoms with Gasteiger partial charge in [0, 0.05) is 6.54 Å². The Kier molecular flexibility index (Phi) is 5.95. The molecule has 0 radical (unpaired) electrons. The summed E-state index contributed by atoms with van der Waals surface area (Å²) in [5.74, 6) is -2.92. The van der Waals surface area contributed by atoms with Gasteiger partial charge in [-0.15, -0.1) is 0 Å². The molecule has 0 fully saturated rings. The van der Waals surface area contributed by atoms with E-state index in [2.05, 4.69) is 0 Å². The lowest BCUT2D eigenvalue weighted by atomic mass is 10.1. The summed E-state index contributed by atoms with van der Waals surface area (Å²) in [4.78, 5) is 22.9. The maximum Gasteiger partial charge on any atom is 0.322 e. The molecule has 2 N–H and O–H groups in total. The van der Waals surface area contributed by atoms with Gasteiger partial charge in [-0.1, -0.05) is 60.7 Å². The van der Waals surface area contributed by atoms with Crippen LogP contribution in [-0.4, -0.2) is 40.9 Å². The Morgan fingerprint density at radius 3 is 2.10 bits per heavy atom. The van der Waals surface area contributed by atoms with Crippen molar-refractivity contribution in [2.45, 2.75) is 23.9 Å².